The third-order valence-corrected chi connectivity index (χ3v) is 2.82. The lowest BCUT2D eigenvalue weighted by atomic mass is 10.2. The van der Waals surface area contributed by atoms with Crippen LogP contribution in [0.25, 0.3) is 0 Å². The van der Waals surface area contributed by atoms with E-state index >= 15 is 0 Å². The fraction of sp³-hybridized carbons (Fsp3) is 0.455. The summed E-state index contributed by atoms with van der Waals surface area (Å²) < 4.78 is 12.0. The van der Waals surface area contributed by atoms with Crippen LogP contribution in [-0.4, -0.2) is 19.3 Å². The molecular weight excluding hydrogens is 244 g/mol. The molecule has 0 amide bonds. The Morgan fingerprint density at radius 1 is 1.36 bits per heavy atom. The minimum Gasteiger partial charge on any atom is -0.379 e. The lowest BCUT2D eigenvalue weighted by Gasteiger charge is -2.09. The van der Waals surface area contributed by atoms with Crippen molar-refractivity contribution >= 4 is 15.9 Å². The first-order chi connectivity index (χ1) is 6.84. The summed E-state index contributed by atoms with van der Waals surface area (Å²) in [5.74, 6) is 0. The third kappa shape index (κ3) is 2.80. The smallest absolute Gasteiger partial charge is 0.0834 e. The highest BCUT2D eigenvalue weighted by atomic mass is 79.9. The van der Waals surface area contributed by atoms with E-state index in [0.717, 1.165) is 24.1 Å². The molecule has 1 unspecified atom stereocenters. The van der Waals surface area contributed by atoms with Crippen molar-refractivity contribution in [3.05, 3.63) is 34.3 Å². The van der Waals surface area contributed by atoms with E-state index in [2.05, 4.69) is 28.1 Å². The molecule has 0 spiro atoms. The second kappa shape index (κ2) is 4.91. The van der Waals surface area contributed by atoms with E-state index in [-0.39, 0.29) is 0 Å². The van der Waals surface area contributed by atoms with Gasteiger partial charge in [-0.15, -0.1) is 0 Å². The van der Waals surface area contributed by atoms with Crippen LogP contribution in [0, 0.1) is 0 Å². The van der Waals surface area contributed by atoms with Gasteiger partial charge in [-0.3, -0.25) is 0 Å². The zero-order valence-electron chi connectivity index (χ0n) is 7.91. The average molecular weight is 257 g/mol. The third-order valence-electron chi connectivity index (χ3n) is 2.29. The van der Waals surface area contributed by atoms with Crippen molar-refractivity contribution in [2.45, 2.75) is 19.1 Å². The van der Waals surface area contributed by atoms with Crippen molar-refractivity contribution in [3.8, 4) is 0 Å². The van der Waals surface area contributed by atoms with E-state index in [1.165, 1.54) is 5.56 Å². The van der Waals surface area contributed by atoms with Crippen LogP contribution in [0.1, 0.15) is 12.0 Å². The van der Waals surface area contributed by atoms with Crippen molar-refractivity contribution in [1.29, 1.82) is 0 Å². The number of hydrogen-bond acceptors (Lipinski definition) is 2. The highest BCUT2D eigenvalue weighted by molar-refractivity contribution is 9.10. The van der Waals surface area contributed by atoms with Gasteiger partial charge in [0.05, 0.1) is 19.3 Å². The number of halogens is 1. The first-order valence-electron chi connectivity index (χ1n) is 4.78. The molecule has 1 aliphatic rings. The van der Waals surface area contributed by atoms with Gasteiger partial charge >= 0.3 is 0 Å². The van der Waals surface area contributed by atoms with E-state index in [4.69, 9.17) is 9.47 Å². The highest BCUT2D eigenvalue weighted by Crippen LogP contribution is 2.14. The van der Waals surface area contributed by atoms with Gasteiger partial charge in [-0.1, -0.05) is 28.1 Å². The quantitative estimate of drug-likeness (QED) is 0.828. The Morgan fingerprint density at radius 2 is 2.14 bits per heavy atom. The van der Waals surface area contributed by atoms with Gasteiger partial charge in [-0.25, -0.2) is 0 Å². The van der Waals surface area contributed by atoms with E-state index in [9.17, 15) is 0 Å². The first-order valence-corrected chi connectivity index (χ1v) is 5.58. The molecule has 1 saturated heterocycles. The van der Waals surface area contributed by atoms with Crippen molar-refractivity contribution in [2.24, 2.45) is 0 Å². The molecule has 1 aromatic carbocycles. The summed E-state index contributed by atoms with van der Waals surface area (Å²) in [4.78, 5) is 0. The van der Waals surface area contributed by atoms with Crippen molar-refractivity contribution in [3.63, 3.8) is 0 Å². The summed E-state index contributed by atoms with van der Waals surface area (Å²) in [6, 6.07) is 8.20. The SMILES string of the molecule is Brc1ccc(COC2CCOC2)cc1. The van der Waals surface area contributed by atoms with Crippen LogP contribution < -0.4 is 0 Å². The molecular formula is C11H13BrO2. The molecule has 1 aliphatic heterocycles. The van der Waals surface area contributed by atoms with Crippen LogP contribution in [0.5, 0.6) is 0 Å². The fourth-order valence-corrected chi connectivity index (χ4v) is 1.70. The molecule has 2 nitrogen and oxygen atoms in total. The van der Waals surface area contributed by atoms with Gasteiger partial charge in [-0.05, 0) is 24.1 Å². The molecule has 1 fully saturated rings. The summed E-state index contributed by atoms with van der Waals surface area (Å²) in [5.41, 5.74) is 1.21. The molecule has 0 radical (unpaired) electrons. The van der Waals surface area contributed by atoms with Gasteiger partial charge in [0.25, 0.3) is 0 Å². The summed E-state index contributed by atoms with van der Waals surface area (Å²) in [6.45, 7) is 2.27. The lowest BCUT2D eigenvalue weighted by Crippen LogP contribution is -2.11. The predicted molar refractivity (Wildman–Crippen MR) is 58.2 cm³/mol. The Bertz CT molecular complexity index is 278. The van der Waals surface area contributed by atoms with Gasteiger partial charge in [0.2, 0.25) is 0 Å². The summed E-state index contributed by atoms with van der Waals surface area (Å²) in [7, 11) is 0. The maximum Gasteiger partial charge on any atom is 0.0834 e. The van der Waals surface area contributed by atoms with Crippen molar-refractivity contribution < 1.29 is 9.47 Å². The number of rotatable bonds is 3. The van der Waals surface area contributed by atoms with Crippen LogP contribution in [0.15, 0.2) is 28.7 Å². The van der Waals surface area contributed by atoms with E-state index in [1.807, 2.05) is 12.1 Å². The Labute approximate surface area is 92.3 Å². The average Bonchev–Trinajstić information content (AvgIpc) is 2.70. The topological polar surface area (TPSA) is 18.5 Å². The second-order valence-corrected chi connectivity index (χ2v) is 4.34. The normalized spacial score (nSPS) is 21.4. The largest absolute Gasteiger partial charge is 0.379 e. The molecule has 0 aliphatic carbocycles. The van der Waals surface area contributed by atoms with Crippen molar-refractivity contribution in [1.82, 2.24) is 0 Å². The van der Waals surface area contributed by atoms with Gasteiger partial charge in [-0.2, -0.15) is 0 Å². The van der Waals surface area contributed by atoms with Gasteiger partial charge in [0.15, 0.2) is 0 Å². The molecule has 1 heterocycles. The van der Waals surface area contributed by atoms with Crippen LogP contribution in [0.4, 0.5) is 0 Å². The van der Waals surface area contributed by atoms with Crippen molar-refractivity contribution in [2.75, 3.05) is 13.2 Å². The summed E-state index contributed by atoms with van der Waals surface area (Å²) in [6.07, 6.45) is 1.31. The molecule has 14 heavy (non-hydrogen) atoms. The standard InChI is InChI=1S/C11H13BrO2/c12-10-3-1-9(2-4-10)7-14-11-5-6-13-8-11/h1-4,11H,5-8H2. The molecule has 0 saturated carbocycles. The first kappa shape index (κ1) is 10.1. The van der Waals surface area contributed by atoms with Crippen LogP contribution in [-0.2, 0) is 16.1 Å². The minimum atomic E-state index is 0.290. The summed E-state index contributed by atoms with van der Waals surface area (Å²) >= 11 is 3.40. The number of hydrogen-bond donors (Lipinski definition) is 0. The van der Waals surface area contributed by atoms with Gasteiger partial charge in [0.1, 0.15) is 0 Å². The molecule has 2 rings (SSSR count). The maximum atomic E-state index is 5.69. The zero-order chi connectivity index (χ0) is 9.80. The lowest BCUT2D eigenvalue weighted by molar-refractivity contribution is 0.0317. The van der Waals surface area contributed by atoms with Gasteiger partial charge in [0, 0.05) is 11.1 Å². The van der Waals surface area contributed by atoms with Gasteiger partial charge < -0.3 is 9.47 Å². The Balaban J connectivity index is 1.82. The molecule has 3 heteroatoms. The Morgan fingerprint density at radius 3 is 2.79 bits per heavy atom. The van der Waals surface area contributed by atoms with E-state index in [0.29, 0.717) is 12.7 Å². The summed E-state index contributed by atoms with van der Waals surface area (Å²) in [5, 5.41) is 0. The molecule has 1 atom stereocenters. The van der Waals surface area contributed by atoms with E-state index < -0.39 is 0 Å². The maximum absolute atomic E-state index is 5.69. The highest BCUT2D eigenvalue weighted by Gasteiger charge is 2.15. The zero-order valence-corrected chi connectivity index (χ0v) is 9.50. The molecule has 0 bridgehead atoms. The molecule has 76 valence electrons. The second-order valence-electron chi connectivity index (χ2n) is 3.42. The Kier molecular flexibility index (Phi) is 3.56. The van der Waals surface area contributed by atoms with Crippen LogP contribution in [0.3, 0.4) is 0 Å². The van der Waals surface area contributed by atoms with Crippen LogP contribution in [0.2, 0.25) is 0 Å². The molecule has 0 N–H and O–H groups in total. The molecule has 1 aromatic rings. The Hall–Kier alpha value is -0.380. The predicted octanol–water partition coefficient (Wildman–Crippen LogP) is 2.75. The fourth-order valence-electron chi connectivity index (χ4n) is 1.44. The number of ether oxygens (including phenoxy) is 2. The minimum absolute atomic E-state index is 0.290. The number of benzene rings is 1. The molecule has 0 aromatic heterocycles. The monoisotopic (exact) mass is 256 g/mol. The van der Waals surface area contributed by atoms with E-state index in [1.54, 1.807) is 0 Å². The van der Waals surface area contributed by atoms with Crippen LogP contribution >= 0.6 is 15.9 Å².